The summed E-state index contributed by atoms with van der Waals surface area (Å²) in [6, 6.07) is 6.83. The van der Waals surface area contributed by atoms with Gasteiger partial charge in [-0.05, 0) is 17.7 Å². The SMILES string of the molecule is COc1cc(C2CC(=O)c3c(O)cc(O[C@@H]4O[C@H](CO)[C@@H](O)[C@@H](O)[C@H]4O[C@@H]4OC[C@](O)(CO)[C@H]4O)cc3O2)ccc1O. The molecule has 2 saturated heterocycles. The standard InChI is InChI=1S/C27H32O15/c1-37-17-4-11(2-3-13(17)30)16-7-15(32)20-14(31)5-12(6-18(20)40-16)39-25-23(22(34)21(33)19(8-28)41-25)42-26-24(35)27(36,9-29)10-38-26/h2-6,16,19,21-26,28-31,33-36H,7-10H2,1H3/t16?,19-,21-,22-,23-,24+,25-,26+,27-/m1/s1. The van der Waals surface area contributed by atoms with Crippen molar-refractivity contribution in [2.45, 2.75) is 61.2 Å². The van der Waals surface area contributed by atoms with Gasteiger partial charge in [-0.25, -0.2) is 0 Å². The third kappa shape index (κ3) is 5.46. The molecule has 15 nitrogen and oxygen atoms in total. The number of methoxy groups -OCH3 is 1. The summed E-state index contributed by atoms with van der Waals surface area (Å²) in [4.78, 5) is 13.0. The van der Waals surface area contributed by atoms with Crippen LogP contribution in [0.5, 0.6) is 28.7 Å². The molecule has 5 rings (SSSR count). The first-order valence-electron chi connectivity index (χ1n) is 13.0. The Kier molecular flexibility index (Phi) is 8.48. The Labute approximate surface area is 238 Å². The molecular formula is C27H32O15. The van der Waals surface area contributed by atoms with Gasteiger partial charge in [-0.3, -0.25) is 4.79 Å². The van der Waals surface area contributed by atoms with Crippen molar-refractivity contribution >= 4 is 5.78 Å². The van der Waals surface area contributed by atoms with E-state index in [0.29, 0.717) is 5.56 Å². The molecule has 1 unspecified atom stereocenters. The van der Waals surface area contributed by atoms with Gasteiger partial charge in [-0.2, -0.15) is 0 Å². The number of Topliss-reactive ketones (excluding diaryl/α,β-unsaturated/α-hetero) is 1. The van der Waals surface area contributed by atoms with Crippen molar-refractivity contribution in [2.75, 3.05) is 26.9 Å². The number of benzene rings is 2. The Hall–Kier alpha value is -3.25. The molecule has 3 heterocycles. The Balaban J connectivity index is 1.41. The minimum absolute atomic E-state index is 0.0478. The number of aromatic hydroxyl groups is 2. The first-order valence-corrected chi connectivity index (χ1v) is 13.0. The fourth-order valence-corrected chi connectivity index (χ4v) is 5.06. The third-order valence-electron chi connectivity index (χ3n) is 7.50. The van der Waals surface area contributed by atoms with E-state index in [0.717, 1.165) is 6.07 Å². The van der Waals surface area contributed by atoms with E-state index in [4.69, 9.17) is 28.4 Å². The third-order valence-corrected chi connectivity index (χ3v) is 7.50. The van der Waals surface area contributed by atoms with Crippen LogP contribution in [-0.4, -0.2) is 122 Å². The molecule has 0 bridgehead atoms. The smallest absolute Gasteiger partial charge is 0.229 e. The minimum atomic E-state index is -2.04. The van der Waals surface area contributed by atoms with Gasteiger partial charge in [0.15, 0.2) is 29.7 Å². The molecule has 230 valence electrons. The summed E-state index contributed by atoms with van der Waals surface area (Å²) >= 11 is 0. The van der Waals surface area contributed by atoms with Gasteiger partial charge >= 0.3 is 0 Å². The van der Waals surface area contributed by atoms with Gasteiger partial charge in [0.2, 0.25) is 6.29 Å². The fourth-order valence-electron chi connectivity index (χ4n) is 5.06. The summed E-state index contributed by atoms with van der Waals surface area (Å²) in [5.41, 5.74) is -1.63. The molecule has 3 aliphatic rings. The molecular weight excluding hydrogens is 564 g/mol. The summed E-state index contributed by atoms with van der Waals surface area (Å²) in [5.74, 6) is -1.02. The van der Waals surface area contributed by atoms with E-state index < -0.39 is 86.2 Å². The van der Waals surface area contributed by atoms with Crippen LogP contribution in [0.2, 0.25) is 0 Å². The average Bonchev–Trinajstić information content (AvgIpc) is 3.25. The van der Waals surface area contributed by atoms with Gasteiger partial charge in [-0.1, -0.05) is 6.07 Å². The Morgan fingerprint density at radius 3 is 2.45 bits per heavy atom. The molecule has 2 aromatic carbocycles. The van der Waals surface area contributed by atoms with Crippen molar-refractivity contribution < 1.29 is 74.1 Å². The molecule has 0 saturated carbocycles. The molecule has 8 N–H and O–H groups in total. The normalized spacial score (nSPS) is 34.5. The number of fused-ring (bicyclic) bond motifs is 1. The monoisotopic (exact) mass is 596 g/mol. The Morgan fingerprint density at radius 2 is 1.79 bits per heavy atom. The van der Waals surface area contributed by atoms with Crippen LogP contribution in [0.15, 0.2) is 30.3 Å². The molecule has 0 amide bonds. The summed E-state index contributed by atoms with van der Waals surface area (Å²) in [6.45, 7) is -2.06. The maximum atomic E-state index is 13.0. The van der Waals surface area contributed by atoms with Gasteiger partial charge in [0.1, 0.15) is 58.9 Å². The molecule has 9 atom stereocenters. The minimum Gasteiger partial charge on any atom is -0.507 e. The number of rotatable bonds is 8. The molecule has 3 aliphatic heterocycles. The zero-order valence-corrected chi connectivity index (χ0v) is 22.3. The van der Waals surface area contributed by atoms with Crippen molar-refractivity contribution in [3.63, 3.8) is 0 Å². The lowest BCUT2D eigenvalue weighted by atomic mass is 9.95. The topological polar surface area (TPSA) is 234 Å². The van der Waals surface area contributed by atoms with Crippen LogP contribution in [0.4, 0.5) is 0 Å². The lowest BCUT2D eigenvalue weighted by molar-refractivity contribution is -0.318. The van der Waals surface area contributed by atoms with Crippen molar-refractivity contribution in [1.82, 2.24) is 0 Å². The van der Waals surface area contributed by atoms with E-state index >= 15 is 0 Å². The highest BCUT2D eigenvalue weighted by Crippen LogP contribution is 2.44. The summed E-state index contributed by atoms with van der Waals surface area (Å²) in [5, 5.41) is 81.5. The van der Waals surface area contributed by atoms with E-state index in [-0.39, 0.29) is 35.0 Å². The van der Waals surface area contributed by atoms with Crippen LogP contribution in [0, 0.1) is 0 Å². The largest absolute Gasteiger partial charge is 0.507 e. The first-order chi connectivity index (χ1) is 20.0. The van der Waals surface area contributed by atoms with E-state index in [1.165, 1.54) is 25.3 Å². The lowest BCUT2D eigenvalue weighted by Crippen LogP contribution is -2.62. The zero-order chi connectivity index (χ0) is 30.3. The van der Waals surface area contributed by atoms with E-state index in [1.807, 2.05) is 0 Å². The quantitative estimate of drug-likeness (QED) is 0.172. The highest BCUT2D eigenvalue weighted by Gasteiger charge is 2.53. The van der Waals surface area contributed by atoms with E-state index in [2.05, 4.69) is 0 Å². The summed E-state index contributed by atoms with van der Waals surface area (Å²) in [6.07, 6.45) is -12.2. The van der Waals surface area contributed by atoms with Gasteiger partial charge < -0.3 is 69.3 Å². The van der Waals surface area contributed by atoms with Crippen molar-refractivity contribution in [3.8, 4) is 28.7 Å². The molecule has 15 heteroatoms. The number of hydrogen-bond donors (Lipinski definition) is 8. The Bertz CT molecular complexity index is 1300. The number of phenols is 2. The predicted molar refractivity (Wildman–Crippen MR) is 136 cm³/mol. The van der Waals surface area contributed by atoms with Crippen molar-refractivity contribution in [2.24, 2.45) is 0 Å². The van der Waals surface area contributed by atoms with Crippen LogP contribution in [-0.2, 0) is 14.2 Å². The van der Waals surface area contributed by atoms with Crippen LogP contribution in [0.1, 0.15) is 28.4 Å². The second-order valence-corrected chi connectivity index (χ2v) is 10.3. The second-order valence-electron chi connectivity index (χ2n) is 10.3. The van der Waals surface area contributed by atoms with Gasteiger partial charge in [-0.15, -0.1) is 0 Å². The molecule has 0 aromatic heterocycles. The highest BCUT2D eigenvalue weighted by atomic mass is 16.8. The summed E-state index contributed by atoms with van der Waals surface area (Å²) in [7, 11) is 1.37. The number of carbonyl (C=O) groups is 1. The first kappa shape index (κ1) is 30.2. The van der Waals surface area contributed by atoms with Crippen molar-refractivity contribution in [1.29, 1.82) is 0 Å². The molecule has 0 spiro atoms. The van der Waals surface area contributed by atoms with Crippen LogP contribution >= 0.6 is 0 Å². The van der Waals surface area contributed by atoms with Gasteiger partial charge in [0, 0.05) is 12.1 Å². The second kappa shape index (κ2) is 11.8. The number of aliphatic hydroxyl groups excluding tert-OH is 5. The maximum absolute atomic E-state index is 13.0. The highest BCUT2D eigenvalue weighted by molar-refractivity contribution is 6.02. The van der Waals surface area contributed by atoms with Gasteiger partial charge in [0.05, 0.1) is 33.4 Å². The molecule has 42 heavy (non-hydrogen) atoms. The van der Waals surface area contributed by atoms with E-state index in [1.54, 1.807) is 6.07 Å². The van der Waals surface area contributed by atoms with Crippen LogP contribution in [0.3, 0.4) is 0 Å². The predicted octanol–water partition coefficient (Wildman–Crippen LogP) is -1.54. The van der Waals surface area contributed by atoms with E-state index in [9.17, 15) is 45.6 Å². The number of carbonyl (C=O) groups excluding carboxylic acids is 1. The Morgan fingerprint density at radius 1 is 1.02 bits per heavy atom. The number of phenolic OH excluding ortho intramolecular Hbond substituents is 2. The summed E-state index contributed by atoms with van der Waals surface area (Å²) < 4.78 is 33.4. The molecule has 2 fully saturated rings. The number of ketones is 1. The molecule has 0 aliphatic carbocycles. The number of aliphatic hydroxyl groups is 6. The zero-order valence-electron chi connectivity index (χ0n) is 22.3. The molecule has 2 aromatic rings. The average molecular weight is 597 g/mol. The fraction of sp³-hybridized carbons (Fsp3) is 0.519. The van der Waals surface area contributed by atoms with Crippen LogP contribution < -0.4 is 14.2 Å². The lowest BCUT2D eigenvalue weighted by Gasteiger charge is -2.42. The van der Waals surface area contributed by atoms with Crippen LogP contribution in [0.25, 0.3) is 0 Å². The van der Waals surface area contributed by atoms with Gasteiger partial charge in [0.25, 0.3) is 0 Å². The maximum Gasteiger partial charge on any atom is 0.229 e. The number of ether oxygens (including phenoxy) is 6. The molecule has 0 radical (unpaired) electrons. The van der Waals surface area contributed by atoms with Crippen molar-refractivity contribution in [3.05, 3.63) is 41.5 Å². The number of hydrogen-bond acceptors (Lipinski definition) is 15.